The van der Waals surface area contributed by atoms with E-state index in [4.69, 9.17) is 10.2 Å². The summed E-state index contributed by atoms with van der Waals surface area (Å²) in [7, 11) is -1.98. The van der Waals surface area contributed by atoms with Crippen molar-refractivity contribution in [2.24, 2.45) is 0 Å². The first-order valence-corrected chi connectivity index (χ1v) is 15.1. The van der Waals surface area contributed by atoms with Crippen molar-refractivity contribution < 1.29 is 4.43 Å². The third-order valence-electron chi connectivity index (χ3n) is 8.10. The number of hydrogen-bond donors (Lipinski definition) is 1. The Morgan fingerprint density at radius 1 is 0.765 bits per heavy atom. The van der Waals surface area contributed by atoms with Gasteiger partial charge in [-0.1, -0.05) is 90.1 Å². The molecule has 3 aromatic carbocycles. The number of nitrogens with two attached hydrogens (primary N) is 1. The zero-order valence-corrected chi connectivity index (χ0v) is 22.7. The topological polar surface area (TPSA) is 35.2 Å². The minimum Gasteiger partial charge on any atom is -0.543 e. The van der Waals surface area contributed by atoms with Crippen molar-refractivity contribution in [3.8, 4) is 5.75 Å². The summed E-state index contributed by atoms with van der Waals surface area (Å²) < 4.78 is 7.04. The number of hydrogen-bond acceptors (Lipinski definition) is 2. The first-order valence-electron chi connectivity index (χ1n) is 13.0. The monoisotopic (exact) mass is 471 g/mol. The minimum atomic E-state index is -1.98. The van der Waals surface area contributed by atoms with Crippen LogP contribution in [0.5, 0.6) is 5.75 Å². The first kappa shape index (κ1) is 24.6. The number of rotatable bonds is 7. The van der Waals surface area contributed by atoms with Crippen LogP contribution < -0.4 is 10.2 Å². The van der Waals surface area contributed by atoms with Crippen molar-refractivity contribution in [3.63, 3.8) is 0 Å². The molecule has 0 spiro atoms. The fourth-order valence-corrected chi connectivity index (χ4v) is 11.8. The molecule has 0 aliphatic heterocycles. The van der Waals surface area contributed by atoms with E-state index in [2.05, 4.69) is 102 Å². The quantitative estimate of drug-likeness (QED) is 0.276. The molecule has 0 unspecified atom stereocenters. The zero-order chi connectivity index (χ0) is 24.5. The molecule has 0 radical (unpaired) electrons. The lowest BCUT2D eigenvalue weighted by Gasteiger charge is -2.42. The van der Waals surface area contributed by atoms with Gasteiger partial charge in [-0.25, -0.2) is 0 Å². The summed E-state index contributed by atoms with van der Waals surface area (Å²) >= 11 is 0. The van der Waals surface area contributed by atoms with Gasteiger partial charge in [0, 0.05) is 11.6 Å². The molecule has 4 rings (SSSR count). The SMILES string of the molecule is CC(C)[Si](Oc1ccc2c(c1)CC[C@@H](c1ccccc1)[C@H]2c1ccc(N)cc1)(C(C)C)C(C)C. The van der Waals surface area contributed by atoms with Crippen molar-refractivity contribution in [2.75, 3.05) is 5.73 Å². The maximum Gasteiger partial charge on any atom is 0.258 e. The smallest absolute Gasteiger partial charge is 0.258 e. The van der Waals surface area contributed by atoms with E-state index in [-0.39, 0.29) is 0 Å². The van der Waals surface area contributed by atoms with Gasteiger partial charge in [-0.2, -0.15) is 0 Å². The van der Waals surface area contributed by atoms with Crippen LogP contribution in [0.25, 0.3) is 0 Å². The molecule has 0 heterocycles. The van der Waals surface area contributed by atoms with Crippen molar-refractivity contribution in [1.29, 1.82) is 0 Å². The highest BCUT2D eigenvalue weighted by molar-refractivity contribution is 6.78. The highest BCUT2D eigenvalue weighted by atomic mass is 28.4. The Hall–Kier alpha value is -2.52. The van der Waals surface area contributed by atoms with E-state index in [0.29, 0.717) is 28.5 Å². The molecule has 0 saturated heterocycles. The van der Waals surface area contributed by atoms with Crippen LogP contribution in [0, 0.1) is 0 Å². The second kappa shape index (κ2) is 9.99. The van der Waals surface area contributed by atoms with Crippen LogP contribution in [0.15, 0.2) is 72.8 Å². The Morgan fingerprint density at radius 2 is 1.38 bits per heavy atom. The fourth-order valence-electron chi connectivity index (χ4n) is 6.59. The molecule has 3 heteroatoms. The van der Waals surface area contributed by atoms with E-state index in [1.807, 2.05) is 12.1 Å². The number of fused-ring (bicyclic) bond motifs is 1. The Morgan fingerprint density at radius 3 is 1.97 bits per heavy atom. The number of aryl methyl sites for hydroxylation is 1. The molecule has 0 saturated carbocycles. The molecule has 1 aliphatic carbocycles. The Labute approximate surface area is 207 Å². The van der Waals surface area contributed by atoms with Crippen LogP contribution in [-0.4, -0.2) is 8.32 Å². The van der Waals surface area contributed by atoms with Gasteiger partial charge in [0.2, 0.25) is 0 Å². The molecule has 1 aliphatic rings. The third kappa shape index (κ3) is 4.55. The largest absolute Gasteiger partial charge is 0.543 e. The van der Waals surface area contributed by atoms with Crippen molar-refractivity contribution in [2.45, 2.75) is 82.8 Å². The summed E-state index contributed by atoms with van der Waals surface area (Å²) in [6.45, 7) is 14.1. The number of benzene rings is 3. The van der Waals surface area contributed by atoms with E-state index < -0.39 is 8.32 Å². The van der Waals surface area contributed by atoms with Crippen LogP contribution in [0.2, 0.25) is 16.6 Å². The molecule has 0 fully saturated rings. The van der Waals surface area contributed by atoms with Gasteiger partial charge in [0.15, 0.2) is 0 Å². The molecule has 180 valence electrons. The average molecular weight is 472 g/mol. The Balaban J connectivity index is 1.76. The summed E-state index contributed by atoms with van der Waals surface area (Å²) in [6.07, 6.45) is 2.22. The molecule has 2 nitrogen and oxygen atoms in total. The summed E-state index contributed by atoms with van der Waals surface area (Å²) in [5.41, 5.74) is 14.2. The van der Waals surface area contributed by atoms with Crippen LogP contribution in [-0.2, 0) is 6.42 Å². The summed E-state index contributed by atoms with van der Waals surface area (Å²) in [5.74, 6) is 1.85. The lowest BCUT2D eigenvalue weighted by Crippen LogP contribution is -2.50. The van der Waals surface area contributed by atoms with Crippen molar-refractivity contribution in [1.82, 2.24) is 0 Å². The second-order valence-corrected chi connectivity index (χ2v) is 16.4. The van der Waals surface area contributed by atoms with Crippen LogP contribution in [0.1, 0.15) is 82.1 Å². The van der Waals surface area contributed by atoms with Crippen LogP contribution in [0.4, 0.5) is 5.69 Å². The van der Waals surface area contributed by atoms with E-state index >= 15 is 0 Å². The summed E-state index contributed by atoms with van der Waals surface area (Å²) in [5, 5.41) is 0. The van der Waals surface area contributed by atoms with Gasteiger partial charge in [-0.05, 0) is 81.9 Å². The van der Waals surface area contributed by atoms with Gasteiger partial charge in [0.25, 0.3) is 8.32 Å². The molecule has 0 aromatic heterocycles. The standard InChI is InChI=1S/C31H41NOSi/c1-21(2)34(22(3)4,23(5)6)33-28-17-19-30-26(20-28)14-18-29(24-10-8-7-9-11-24)31(30)25-12-15-27(32)16-13-25/h7-13,15-17,19-23,29,31H,14,18,32H2,1-6H3/t29-,31+/m0/s1. The lowest BCUT2D eigenvalue weighted by molar-refractivity contribution is 0.475. The fraction of sp³-hybridized carbons (Fsp3) is 0.419. The number of anilines is 1. The first-order chi connectivity index (χ1) is 16.2. The van der Waals surface area contributed by atoms with Gasteiger partial charge in [-0.3, -0.25) is 0 Å². The maximum atomic E-state index is 7.04. The van der Waals surface area contributed by atoms with Crippen LogP contribution in [0.3, 0.4) is 0 Å². The van der Waals surface area contributed by atoms with E-state index in [0.717, 1.165) is 24.3 Å². The summed E-state index contributed by atoms with van der Waals surface area (Å²) in [6, 6.07) is 26.4. The molecule has 0 bridgehead atoms. The Bertz CT molecular complexity index is 1070. The van der Waals surface area contributed by atoms with E-state index in [9.17, 15) is 0 Å². The minimum absolute atomic E-state index is 0.322. The molecule has 2 atom stereocenters. The maximum absolute atomic E-state index is 7.04. The van der Waals surface area contributed by atoms with Gasteiger partial charge in [0.05, 0.1) is 0 Å². The average Bonchev–Trinajstić information content (AvgIpc) is 2.82. The Kier molecular flexibility index (Phi) is 7.23. The normalized spacial score (nSPS) is 18.4. The molecule has 3 aromatic rings. The van der Waals surface area contributed by atoms with Gasteiger partial charge >= 0.3 is 0 Å². The molecular formula is C31H41NOSi. The molecular weight excluding hydrogens is 430 g/mol. The highest BCUT2D eigenvalue weighted by Gasteiger charge is 2.47. The van der Waals surface area contributed by atoms with E-state index in [1.54, 1.807) is 0 Å². The number of nitrogen functional groups attached to an aromatic ring is 1. The second-order valence-electron chi connectivity index (χ2n) is 11.0. The lowest BCUT2D eigenvalue weighted by atomic mass is 9.69. The summed E-state index contributed by atoms with van der Waals surface area (Å²) in [4.78, 5) is 0. The van der Waals surface area contributed by atoms with Crippen molar-refractivity contribution >= 4 is 14.0 Å². The predicted molar refractivity (Wildman–Crippen MR) is 148 cm³/mol. The third-order valence-corrected chi connectivity index (χ3v) is 14.1. The zero-order valence-electron chi connectivity index (χ0n) is 21.7. The molecule has 34 heavy (non-hydrogen) atoms. The van der Waals surface area contributed by atoms with Crippen molar-refractivity contribution in [3.05, 3.63) is 95.1 Å². The van der Waals surface area contributed by atoms with Gasteiger partial charge in [-0.15, -0.1) is 0 Å². The van der Waals surface area contributed by atoms with Crippen LogP contribution >= 0.6 is 0 Å². The van der Waals surface area contributed by atoms with E-state index in [1.165, 1.54) is 22.3 Å². The van der Waals surface area contributed by atoms with Gasteiger partial charge < -0.3 is 10.2 Å². The van der Waals surface area contributed by atoms with Gasteiger partial charge in [0.1, 0.15) is 5.75 Å². The highest BCUT2D eigenvalue weighted by Crippen LogP contribution is 2.48. The molecule has 0 amide bonds. The predicted octanol–water partition coefficient (Wildman–Crippen LogP) is 8.69. The molecule has 2 N–H and O–H groups in total.